The number of hydrogen-bond acceptors (Lipinski definition) is 9. The van der Waals surface area contributed by atoms with Gasteiger partial charge in [0.2, 0.25) is 0 Å². The normalized spacial score (nSPS) is 17.0. The lowest BCUT2D eigenvalue weighted by molar-refractivity contribution is -0.384. The topological polar surface area (TPSA) is 138 Å². The predicted octanol–water partition coefficient (Wildman–Crippen LogP) is 6.73. The summed E-state index contributed by atoms with van der Waals surface area (Å²) in [4.78, 5) is 39.2. The Morgan fingerprint density at radius 1 is 1.21 bits per heavy atom. The molecule has 4 rings (SSSR count). The van der Waals surface area contributed by atoms with E-state index >= 15 is 0 Å². The maximum Gasteiger partial charge on any atom is 0.514 e. The fourth-order valence-corrected chi connectivity index (χ4v) is 5.59. The second-order valence-corrected chi connectivity index (χ2v) is 10.7. The summed E-state index contributed by atoms with van der Waals surface area (Å²) in [7, 11) is 0. The number of hydrogen-bond donors (Lipinski definition) is 1. The SMILES string of the molecule is Cc1cc(-c2sc(Cl)cc2COC(=O)Oc2ccc([N+](=O)[O-])cc2)nc(C)c1O[C@H]1CCC[C@H](C(=O)O)C1. The van der Waals surface area contributed by atoms with Crippen molar-refractivity contribution >= 4 is 40.7 Å². The van der Waals surface area contributed by atoms with Crippen molar-refractivity contribution in [2.24, 2.45) is 5.92 Å². The van der Waals surface area contributed by atoms with E-state index in [-0.39, 0.29) is 24.1 Å². The Morgan fingerprint density at radius 2 is 1.95 bits per heavy atom. The highest BCUT2D eigenvalue weighted by Gasteiger charge is 2.29. The molecule has 2 aromatic heterocycles. The van der Waals surface area contributed by atoms with Gasteiger partial charge in [-0.1, -0.05) is 11.6 Å². The van der Waals surface area contributed by atoms with Gasteiger partial charge in [-0.25, -0.2) is 9.78 Å². The number of carbonyl (C=O) groups excluding carboxylic acids is 1. The number of benzene rings is 1. The minimum atomic E-state index is -0.969. The summed E-state index contributed by atoms with van der Waals surface area (Å²) in [6, 6.07) is 8.61. The van der Waals surface area contributed by atoms with Crippen molar-refractivity contribution in [3.05, 3.63) is 67.7 Å². The number of nitrogens with zero attached hydrogens (tertiary/aromatic N) is 2. The Hall–Kier alpha value is -3.70. The number of carboxylic acids is 1. The predicted molar refractivity (Wildman–Crippen MR) is 140 cm³/mol. The van der Waals surface area contributed by atoms with Gasteiger partial charge in [-0.05, 0) is 69.4 Å². The van der Waals surface area contributed by atoms with Gasteiger partial charge in [-0.15, -0.1) is 11.3 Å². The Labute approximate surface area is 227 Å². The lowest BCUT2D eigenvalue weighted by atomic mass is 9.87. The van der Waals surface area contributed by atoms with E-state index in [1.165, 1.54) is 35.6 Å². The summed E-state index contributed by atoms with van der Waals surface area (Å²) in [5, 5.41) is 20.1. The van der Waals surface area contributed by atoms with Gasteiger partial charge in [0.1, 0.15) is 18.1 Å². The molecule has 0 radical (unpaired) electrons. The maximum atomic E-state index is 12.2. The number of nitro benzene ring substituents is 1. The molecule has 12 heteroatoms. The lowest BCUT2D eigenvalue weighted by Gasteiger charge is -2.28. The standard InChI is InChI=1S/C26H25ClN2O8S/c1-14-10-21(28-15(2)23(14)36-20-5-3-4-16(11-20)25(30)31)24-17(12-22(27)38-24)13-35-26(32)37-19-8-6-18(7-9-19)29(33)34/h6-10,12,16,20H,3-5,11,13H2,1-2H3,(H,30,31)/t16-,20-/m0/s1. The van der Waals surface area contributed by atoms with E-state index in [0.29, 0.717) is 39.9 Å². The average molecular weight is 561 g/mol. The zero-order valence-electron chi connectivity index (χ0n) is 20.6. The number of nitro groups is 1. The third-order valence-electron chi connectivity index (χ3n) is 6.19. The first-order valence-corrected chi connectivity index (χ1v) is 13.1. The first-order chi connectivity index (χ1) is 18.1. The molecule has 1 N–H and O–H groups in total. The third-order valence-corrected chi connectivity index (χ3v) is 7.52. The fraction of sp³-hybridized carbons (Fsp3) is 0.346. The monoisotopic (exact) mass is 560 g/mol. The highest BCUT2D eigenvalue weighted by Crippen LogP contribution is 2.38. The highest BCUT2D eigenvalue weighted by atomic mass is 35.5. The number of aryl methyl sites for hydroxylation is 2. The van der Waals surface area contributed by atoms with Gasteiger partial charge in [0.05, 0.1) is 37.5 Å². The van der Waals surface area contributed by atoms with Crippen LogP contribution in [-0.4, -0.2) is 33.2 Å². The Balaban J connectivity index is 1.44. The van der Waals surface area contributed by atoms with Gasteiger partial charge in [-0.2, -0.15) is 0 Å². The maximum absolute atomic E-state index is 12.2. The van der Waals surface area contributed by atoms with Crippen molar-refractivity contribution in [3.8, 4) is 22.1 Å². The Morgan fingerprint density at radius 3 is 2.61 bits per heavy atom. The Kier molecular flexibility index (Phi) is 8.48. The van der Waals surface area contributed by atoms with Crippen molar-refractivity contribution in [2.75, 3.05) is 0 Å². The number of halogens is 1. The molecule has 0 saturated heterocycles. The number of aromatic nitrogens is 1. The van der Waals surface area contributed by atoms with E-state index in [1.807, 2.05) is 19.9 Å². The quantitative estimate of drug-likeness (QED) is 0.137. The van der Waals surface area contributed by atoms with Crippen LogP contribution in [0.1, 0.15) is 42.5 Å². The molecule has 0 aliphatic heterocycles. The van der Waals surface area contributed by atoms with Crippen LogP contribution in [0.25, 0.3) is 10.6 Å². The van der Waals surface area contributed by atoms with Crippen molar-refractivity contribution < 1.29 is 33.8 Å². The number of ether oxygens (including phenoxy) is 3. The Bertz CT molecular complexity index is 1330. The van der Waals surface area contributed by atoms with Crippen LogP contribution in [-0.2, 0) is 16.1 Å². The van der Waals surface area contributed by atoms with Gasteiger partial charge in [0.25, 0.3) is 5.69 Å². The van der Waals surface area contributed by atoms with Crippen molar-refractivity contribution in [1.29, 1.82) is 0 Å². The summed E-state index contributed by atoms with van der Waals surface area (Å²) in [6.45, 7) is 3.61. The van der Waals surface area contributed by atoms with Crippen LogP contribution in [0.5, 0.6) is 11.5 Å². The molecule has 0 spiro atoms. The first kappa shape index (κ1) is 27.3. The minimum Gasteiger partial charge on any atom is -0.488 e. The number of thiophene rings is 1. The molecule has 1 fully saturated rings. The van der Waals surface area contributed by atoms with E-state index < -0.39 is 23.0 Å². The molecule has 1 aromatic carbocycles. The second kappa shape index (κ2) is 11.8. The summed E-state index contributed by atoms with van der Waals surface area (Å²) < 4.78 is 17.0. The number of pyridine rings is 1. The minimum absolute atomic E-state index is 0.111. The van der Waals surface area contributed by atoms with Gasteiger partial charge >= 0.3 is 12.1 Å². The molecule has 2 heterocycles. The number of carbonyl (C=O) groups is 2. The van der Waals surface area contributed by atoms with Crippen LogP contribution in [0.2, 0.25) is 4.34 Å². The molecule has 0 unspecified atom stereocenters. The average Bonchev–Trinajstić information content (AvgIpc) is 3.25. The van der Waals surface area contributed by atoms with Gasteiger partial charge in [0.15, 0.2) is 0 Å². The van der Waals surface area contributed by atoms with E-state index in [0.717, 1.165) is 23.3 Å². The van der Waals surface area contributed by atoms with Crippen LogP contribution >= 0.6 is 22.9 Å². The molecular formula is C26H25ClN2O8S. The van der Waals surface area contributed by atoms with Crippen LogP contribution in [0.4, 0.5) is 10.5 Å². The first-order valence-electron chi connectivity index (χ1n) is 11.9. The van der Waals surface area contributed by atoms with Crippen molar-refractivity contribution in [1.82, 2.24) is 4.98 Å². The van der Waals surface area contributed by atoms with Crippen molar-refractivity contribution in [3.63, 3.8) is 0 Å². The number of rotatable bonds is 8. The summed E-state index contributed by atoms with van der Waals surface area (Å²) in [6.07, 6.45) is 1.57. The van der Waals surface area contributed by atoms with Gasteiger partial charge in [-0.3, -0.25) is 14.9 Å². The zero-order chi connectivity index (χ0) is 27.4. The van der Waals surface area contributed by atoms with Crippen LogP contribution in [0.15, 0.2) is 36.4 Å². The largest absolute Gasteiger partial charge is 0.514 e. The fourth-order valence-electron chi connectivity index (χ4n) is 4.37. The molecule has 3 aromatic rings. The molecule has 200 valence electrons. The highest BCUT2D eigenvalue weighted by molar-refractivity contribution is 7.19. The molecular weight excluding hydrogens is 536 g/mol. The van der Waals surface area contributed by atoms with Crippen LogP contribution in [0, 0.1) is 29.9 Å². The van der Waals surface area contributed by atoms with Crippen LogP contribution in [0.3, 0.4) is 0 Å². The molecule has 10 nitrogen and oxygen atoms in total. The zero-order valence-corrected chi connectivity index (χ0v) is 22.2. The van der Waals surface area contributed by atoms with E-state index in [2.05, 4.69) is 0 Å². The second-order valence-electron chi connectivity index (χ2n) is 8.98. The third kappa shape index (κ3) is 6.59. The molecule has 1 aliphatic rings. The molecule has 0 bridgehead atoms. The summed E-state index contributed by atoms with van der Waals surface area (Å²) in [5.74, 6) is -0.442. The van der Waals surface area contributed by atoms with Crippen molar-refractivity contribution in [2.45, 2.75) is 52.2 Å². The lowest BCUT2D eigenvalue weighted by Crippen LogP contribution is -2.30. The number of non-ortho nitro benzene ring substituents is 1. The molecule has 1 aliphatic carbocycles. The molecule has 1 saturated carbocycles. The molecule has 0 amide bonds. The molecule has 38 heavy (non-hydrogen) atoms. The summed E-state index contributed by atoms with van der Waals surface area (Å²) >= 11 is 7.56. The number of aliphatic carboxylic acids is 1. The molecule has 2 atom stereocenters. The van der Waals surface area contributed by atoms with Gasteiger partial charge in [0, 0.05) is 17.7 Å². The van der Waals surface area contributed by atoms with E-state index in [1.54, 1.807) is 6.07 Å². The van der Waals surface area contributed by atoms with Crippen LogP contribution < -0.4 is 9.47 Å². The van der Waals surface area contributed by atoms with Gasteiger partial charge < -0.3 is 19.3 Å². The number of carboxylic acid groups (broad SMARTS) is 1. The summed E-state index contributed by atoms with van der Waals surface area (Å²) in [5.41, 5.74) is 2.65. The van der Waals surface area contributed by atoms with E-state index in [9.17, 15) is 24.8 Å². The van der Waals surface area contributed by atoms with E-state index in [4.69, 9.17) is 30.8 Å². The smallest absolute Gasteiger partial charge is 0.488 e.